The topological polar surface area (TPSA) is 106 Å². The van der Waals surface area contributed by atoms with Crippen molar-refractivity contribution < 1.29 is 19.1 Å². The minimum Gasteiger partial charge on any atom is -0.497 e. The lowest BCUT2D eigenvalue weighted by atomic mass is 10.1. The molecule has 2 heterocycles. The Morgan fingerprint density at radius 3 is 2.72 bits per heavy atom. The summed E-state index contributed by atoms with van der Waals surface area (Å²) < 4.78 is 10.2. The lowest BCUT2D eigenvalue weighted by Crippen LogP contribution is -2.46. The Morgan fingerprint density at radius 1 is 1.21 bits per heavy atom. The van der Waals surface area contributed by atoms with Crippen LogP contribution in [0.4, 0.5) is 16.3 Å². The highest BCUT2D eigenvalue weighted by Gasteiger charge is 2.25. The SMILES string of the molecule is CCOC(=O)N1CCC(NC(=O)c2cc(Nc3cccc(OC)c3)ncn2)CC1. The van der Waals surface area contributed by atoms with Gasteiger partial charge in [-0.05, 0) is 31.9 Å². The second-order valence-corrected chi connectivity index (χ2v) is 6.58. The summed E-state index contributed by atoms with van der Waals surface area (Å²) in [5.41, 5.74) is 1.07. The first kappa shape index (κ1) is 20.4. The fraction of sp³-hybridized carbons (Fsp3) is 0.400. The quantitative estimate of drug-likeness (QED) is 0.769. The maximum absolute atomic E-state index is 12.6. The molecule has 154 valence electrons. The van der Waals surface area contributed by atoms with Crippen LogP contribution in [0.3, 0.4) is 0 Å². The van der Waals surface area contributed by atoms with Crippen LogP contribution in [0.2, 0.25) is 0 Å². The summed E-state index contributed by atoms with van der Waals surface area (Å²) in [6.45, 7) is 3.24. The van der Waals surface area contributed by atoms with Gasteiger partial charge in [0.1, 0.15) is 23.6 Å². The number of nitrogens with zero attached hydrogens (tertiary/aromatic N) is 3. The van der Waals surface area contributed by atoms with E-state index in [1.54, 1.807) is 25.0 Å². The second-order valence-electron chi connectivity index (χ2n) is 6.58. The Balaban J connectivity index is 1.56. The van der Waals surface area contributed by atoms with Gasteiger partial charge in [-0.3, -0.25) is 4.79 Å². The van der Waals surface area contributed by atoms with Gasteiger partial charge in [0.2, 0.25) is 0 Å². The Kier molecular flexibility index (Phi) is 6.83. The summed E-state index contributed by atoms with van der Waals surface area (Å²) in [7, 11) is 1.60. The van der Waals surface area contributed by atoms with E-state index in [-0.39, 0.29) is 23.7 Å². The van der Waals surface area contributed by atoms with Crippen LogP contribution in [-0.2, 0) is 4.74 Å². The normalized spacial score (nSPS) is 14.2. The van der Waals surface area contributed by atoms with Gasteiger partial charge in [0, 0.05) is 37.0 Å². The Morgan fingerprint density at radius 2 is 2.00 bits per heavy atom. The predicted molar refractivity (Wildman–Crippen MR) is 107 cm³/mol. The molecule has 0 aliphatic carbocycles. The maximum Gasteiger partial charge on any atom is 0.409 e. The minimum absolute atomic E-state index is 0.0158. The number of nitrogens with one attached hydrogen (secondary N) is 2. The monoisotopic (exact) mass is 399 g/mol. The molecule has 0 atom stereocenters. The number of hydrogen-bond acceptors (Lipinski definition) is 7. The van der Waals surface area contributed by atoms with E-state index >= 15 is 0 Å². The van der Waals surface area contributed by atoms with Crippen molar-refractivity contribution in [1.82, 2.24) is 20.2 Å². The molecule has 9 nitrogen and oxygen atoms in total. The predicted octanol–water partition coefficient (Wildman–Crippen LogP) is 2.58. The van der Waals surface area contributed by atoms with Gasteiger partial charge in [-0.2, -0.15) is 0 Å². The molecule has 1 aromatic heterocycles. The average Bonchev–Trinajstić information content (AvgIpc) is 2.74. The largest absolute Gasteiger partial charge is 0.497 e. The third-order valence-corrected chi connectivity index (χ3v) is 4.60. The van der Waals surface area contributed by atoms with Crippen LogP contribution in [0.25, 0.3) is 0 Å². The highest BCUT2D eigenvalue weighted by molar-refractivity contribution is 5.93. The molecule has 2 aromatic rings. The van der Waals surface area contributed by atoms with Crippen molar-refractivity contribution in [1.29, 1.82) is 0 Å². The number of carbonyl (C=O) groups excluding carboxylic acids is 2. The summed E-state index contributed by atoms with van der Waals surface area (Å²) in [6, 6.07) is 9.00. The van der Waals surface area contributed by atoms with Crippen molar-refractivity contribution in [2.24, 2.45) is 0 Å². The number of aromatic nitrogens is 2. The fourth-order valence-electron chi connectivity index (χ4n) is 3.08. The molecule has 3 rings (SSSR count). The van der Waals surface area contributed by atoms with Crippen LogP contribution < -0.4 is 15.4 Å². The molecule has 1 fully saturated rings. The summed E-state index contributed by atoms with van der Waals surface area (Å²) in [5.74, 6) is 0.961. The Hall–Kier alpha value is -3.36. The number of amides is 2. The number of methoxy groups -OCH3 is 1. The smallest absolute Gasteiger partial charge is 0.409 e. The molecule has 0 spiro atoms. The minimum atomic E-state index is -0.304. The molecule has 1 aliphatic rings. The zero-order valence-corrected chi connectivity index (χ0v) is 16.6. The van der Waals surface area contributed by atoms with E-state index in [4.69, 9.17) is 9.47 Å². The van der Waals surface area contributed by atoms with E-state index in [1.807, 2.05) is 24.3 Å². The zero-order chi connectivity index (χ0) is 20.6. The Labute approximate surface area is 169 Å². The first-order chi connectivity index (χ1) is 14.1. The lowest BCUT2D eigenvalue weighted by Gasteiger charge is -2.31. The van der Waals surface area contributed by atoms with Gasteiger partial charge in [0.25, 0.3) is 5.91 Å². The molecular weight excluding hydrogens is 374 g/mol. The standard InChI is InChI=1S/C20H25N5O4/c1-3-29-20(27)25-9-7-14(8-10-25)24-19(26)17-12-18(22-13-21-17)23-15-5-4-6-16(11-15)28-2/h4-6,11-14H,3,7-10H2,1-2H3,(H,24,26)(H,21,22,23). The van der Waals surface area contributed by atoms with Crippen LogP contribution in [0.15, 0.2) is 36.7 Å². The summed E-state index contributed by atoms with van der Waals surface area (Å²) in [6.07, 6.45) is 2.39. The third kappa shape index (κ3) is 5.56. The molecule has 1 saturated heterocycles. The van der Waals surface area contributed by atoms with Crippen LogP contribution in [0.5, 0.6) is 5.75 Å². The summed E-state index contributed by atoms with van der Waals surface area (Å²) in [4.78, 5) is 34.2. The molecule has 0 bridgehead atoms. The van der Waals surface area contributed by atoms with Crippen molar-refractivity contribution in [3.63, 3.8) is 0 Å². The van der Waals surface area contributed by atoms with E-state index in [0.29, 0.717) is 38.4 Å². The van der Waals surface area contributed by atoms with Gasteiger partial charge in [0.05, 0.1) is 13.7 Å². The molecule has 29 heavy (non-hydrogen) atoms. The molecule has 2 N–H and O–H groups in total. The molecular formula is C20H25N5O4. The van der Waals surface area contributed by atoms with Gasteiger partial charge in [-0.25, -0.2) is 14.8 Å². The van der Waals surface area contributed by atoms with E-state index in [0.717, 1.165) is 11.4 Å². The van der Waals surface area contributed by atoms with Crippen molar-refractivity contribution in [2.75, 3.05) is 32.1 Å². The van der Waals surface area contributed by atoms with Crippen LogP contribution >= 0.6 is 0 Å². The summed E-state index contributed by atoms with van der Waals surface area (Å²) in [5, 5.41) is 6.12. The van der Waals surface area contributed by atoms with Crippen LogP contribution in [0, 0.1) is 0 Å². The second kappa shape index (κ2) is 9.72. The molecule has 1 aliphatic heterocycles. The Bertz CT molecular complexity index is 852. The van der Waals surface area contributed by atoms with Crippen molar-refractivity contribution in [3.8, 4) is 5.75 Å². The van der Waals surface area contributed by atoms with E-state index < -0.39 is 0 Å². The van der Waals surface area contributed by atoms with Crippen LogP contribution in [0.1, 0.15) is 30.3 Å². The maximum atomic E-state index is 12.6. The average molecular weight is 399 g/mol. The number of ether oxygens (including phenoxy) is 2. The first-order valence-corrected chi connectivity index (χ1v) is 9.54. The number of hydrogen-bond donors (Lipinski definition) is 2. The van der Waals surface area contributed by atoms with Gasteiger partial charge < -0.3 is 25.0 Å². The van der Waals surface area contributed by atoms with E-state index in [1.165, 1.54) is 6.33 Å². The van der Waals surface area contributed by atoms with Gasteiger partial charge >= 0.3 is 6.09 Å². The van der Waals surface area contributed by atoms with Gasteiger partial charge in [-0.1, -0.05) is 6.07 Å². The number of piperidine rings is 1. The number of benzene rings is 1. The number of rotatable bonds is 6. The highest BCUT2D eigenvalue weighted by atomic mass is 16.6. The zero-order valence-electron chi connectivity index (χ0n) is 16.6. The molecule has 0 radical (unpaired) electrons. The molecule has 2 amide bonds. The summed E-state index contributed by atoms with van der Waals surface area (Å²) >= 11 is 0. The number of likely N-dealkylation sites (tertiary alicyclic amines) is 1. The van der Waals surface area contributed by atoms with Crippen molar-refractivity contribution in [2.45, 2.75) is 25.8 Å². The molecule has 9 heteroatoms. The van der Waals surface area contributed by atoms with Crippen molar-refractivity contribution >= 4 is 23.5 Å². The van der Waals surface area contributed by atoms with Gasteiger partial charge in [-0.15, -0.1) is 0 Å². The molecule has 0 unspecified atom stereocenters. The van der Waals surface area contributed by atoms with Crippen molar-refractivity contribution in [3.05, 3.63) is 42.4 Å². The lowest BCUT2D eigenvalue weighted by molar-refractivity contribution is 0.0856. The molecule has 1 aromatic carbocycles. The molecule has 0 saturated carbocycles. The van der Waals surface area contributed by atoms with E-state index in [9.17, 15) is 9.59 Å². The first-order valence-electron chi connectivity index (χ1n) is 9.54. The number of anilines is 2. The fourth-order valence-corrected chi connectivity index (χ4v) is 3.08. The van der Waals surface area contributed by atoms with E-state index in [2.05, 4.69) is 20.6 Å². The van der Waals surface area contributed by atoms with Gasteiger partial charge in [0.15, 0.2) is 0 Å². The highest BCUT2D eigenvalue weighted by Crippen LogP contribution is 2.20. The number of carbonyl (C=O) groups is 2. The third-order valence-electron chi connectivity index (χ3n) is 4.60. The van der Waals surface area contributed by atoms with Crippen LogP contribution in [-0.4, -0.2) is 59.7 Å².